The third kappa shape index (κ3) is 16.3. The predicted octanol–water partition coefficient (Wildman–Crippen LogP) is 17.7. The van der Waals surface area contributed by atoms with Crippen molar-refractivity contribution in [3.63, 3.8) is 0 Å². The van der Waals surface area contributed by atoms with Crippen molar-refractivity contribution in [1.29, 1.82) is 0 Å². The summed E-state index contributed by atoms with van der Waals surface area (Å²) in [7, 11) is -1.31. The summed E-state index contributed by atoms with van der Waals surface area (Å²) in [6.07, 6.45) is 43.9. The number of rotatable bonds is 46. The Hall–Kier alpha value is -4.29. The SMILES string of the molecule is C=CCCCCCCCCCOc1cccc(OCCCCCCCCCC=C)c1B1O[C@@H]2[C@H](O1)[C@@H]1O[C@H]2c2c(C)c3c(c(C)c21)[C@@H]1O[C@H]3[C@H]2OB(c3c(OCCCCCCCCCC=C)cccc3OCCCCCCCCCC=C)O[C@H]21. The summed E-state index contributed by atoms with van der Waals surface area (Å²) in [6.45, 7) is 22.5. The van der Waals surface area contributed by atoms with E-state index in [9.17, 15) is 0 Å². The molecule has 6 aliphatic heterocycles. The fourth-order valence-corrected chi connectivity index (χ4v) is 14.2. The molecule has 0 spiro atoms. The van der Waals surface area contributed by atoms with Crippen LogP contribution in [0.25, 0.3) is 0 Å². The van der Waals surface area contributed by atoms with Gasteiger partial charge >= 0.3 is 14.2 Å². The lowest BCUT2D eigenvalue weighted by Gasteiger charge is -2.31. The normalized spacial score (nSPS) is 22.1. The molecule has 4 bridgehead atoms. The topological polar surface area (TPSA) is 92.3 Å². The third-order valence-electron chi connectivity index (χ3n) is 18.6. The van der Waals surface area contributed by atoms with Crippen molar-refractivity contribution >= 4 is 25.2 Å². The molecule has 0 saturated carbocycles. The zero-order chi connectivity index (χ0) is 58.3. The molecule has 0 amide bonds. The van der Waals surface area contributed by atoms with Gasteiger partial charge in [0.15, 0.2) is 0 Å². The molecule has 6 heterocycles. The zero-order valence-electron chi connectivity index (χ0n) is 51.9. The molecule has 4 fully saturated rings. The third-order valence-corrected chi connectivity index (χ3v) is 18.6. The Labute approximate surface area is 507 Å². The Kier molecular flexibility index (Phi) is 26.2. The van der Waals surface area contributed by atoms with Crippen LogP contribution in [0.15, 0.2) is 87.0 Å². The molecule has 12 heteroatoms. The minimum Gasteiger partial charge on any atom is -0.494 e. The van der Waals surface area contributed by atoms with Crippen LogP contribution in [0.4, 0.5) is 0 Å². The summed E-state index contributed by atoms with van der Waals surface area (Å²) < 4.78 is 68.9. The van der Waals surface area contributed by atoms with E-state index in [-0.39, 0.29) is 48.8 Å². The van der Waals surface area contributed by atoms with E-state index in [4.69, 9.17) is 47.0 Å². The molecule has 3 aromatic carbocycles. The molecule has 8 atom stereocenters. The van der Waals surface area contributed by atoms with Crippen LogP contribution in [0.2, 0.25) is 0 Å². The van der Waals surface area contributed by atoms with E-state index >= 15 is 0 Å². The lowest BCUT2D eigenvalue weighted by Crippen LogP contribution is -2.36. The van der Waals surface area contributed by atoms with Gasteiger partial charge in [0.25, 0.3) is 0 Å². The number of unbranched alkanes of at least 4 members (excludes halogenated alkanes) is 28. The molecule has 6 aliphatic rings. The average Bonchev–Trinajstić information content (AvgIpc) is 1.58. The summed E-state index contributed by atoms with van der Waals surface area (Å²) in [5, 5.41) is 0. The molecule has 10 nitrogen and oxygen atoms in total. The van der Waals surface area contributed by atoms with Crippen molar-refractivity contribution in [2.24, 2.45) is 0 Å². The Morgan fingerprint density at radius 1 is 0.333 bits per heavy atom. The van der Waals surface area contributed by atoms with Gasteiger partial charge in [0.1, 0.15) is 71.8 Å². The first-order chi connectivity index (χ1) is 41.5. The highest BCUT2D eigenvalue weighted by Crippen LogP contribution is 2.64. The number of benzene rings is 3. The van der Waals surface area contributed by atoms with Crippen molar-refractivity contribution in [3.05, 3.63) is 120 Å². The highest BCUT2D eigenvalue weighted by molar-refractivity contribution is 6.64. The van der Waals surface area contributed by atoms with Gasteiger partial charge in [0.2, 0.25) is 0 Å². The summed E-state index contributed by atoms with van der Waals surface area (Å²) in [4.78, 5) is 0. The predicted molar refractivity (Wildman–Crippen MR) is 343 cm³/mol. The quantitative estimate of drug-likeness (QED) is 0.0309. The van der Waals surface area contributed by atoms with Crippen molar-refractivity contribution in [1.82, 2.24) is 0 Å². The minimum absolute atomic E-state index is 0.285. The number of allylic oxidation sites excluding steroid dienone is 4. The lowest BCUT2D eigenvalue weighted by molar-refractivity contribution is 0.0168. The van der Waals surface area contributed by atoms with Gasteiger partial charge < -0.3 is 47.0 Å². The molecule has 0 radical (unpaired) electrons. The largest absolute Gasteiger partial charge is 0.502 e. The van der Waals surface area contributed by atoms with Crippen molar-refractivity contribution < 1.29 is 47.0 Å². The molecule has 9 rings (SSSR count). The van der Waals surface area contributed by atoms with Gasteiger partial charge in [-0.1, -0.05) is 165 Å². The molecule has 458 valence electrons. The standard InChI is InChI=1S/C72H104B2O10/c1-7-11-15-19-23-27-31-35-39-49-75-55-45-43-46-56(76-50-40-36-32-28-24-20-16-12-8-2)63(55)73-81-69-65-59-53(5)61-62(54(6)60(59)66(79-65)70(69)82-73)68-72-71(67(61)80-68)83-74(84-72)64-57(77-51-41-37-33-29-25-21-17-13-9-3)47-44-48-58(64)78-52-42-38-34-30-26-22-18-14-10-4/h7-10,43-48,65-72H,1-4,11-42,49-52H2,5-6H3/t65-,66+,67+,68-,69-,70+,71+,72-. The monoisotopic (exact) mass is 1150 g/mol. The Morgan fingerprint density at radius 2 is 0.548 bits per heavy atom. The van der Waals surface area contributed by atoms with Crippen LogP contribution in [-0.4, -0.2) is 65.1 Å². The Bertz CT molecular complexity index is 2210. The van der Waals surface area contributed by atoms with Crippen molar-refractivity contribution in [2.75, 3.05) is 26.4 Å². The maximum absolute atomic E-state index is 7.09. The van der Waals surface area contributed by atoms with Gasteiger partial charge in [0, 0.05) is 0 Å². The van der Waals surface area contributed by atoms with E-state index in [1.165, 1.54) is 162 Å². The first-order valence-electron chi connectivity index (χ1n) is 33.8. The van der Waals surface area contributed by atoms with E-state index < -0.39 is 14.2 Å². The van der Waals surface area contributed by atoms with Crippen LogP contribution in [0.3, 0.4) is 0 Å². The molecule has 0 unspecified atom stereocenters. The molecule has 4 saturated heterocycles. The summed E-state index contributed by atoms with van der Waals surface area (Å²) >= 11 is 0. The minimum atomic E-state index is -0.656. The summed E-state index contributed by atoms with van der Waals surface area (Å²) in [5.74, 6) is 3.10. The van der Waals surface area contributed by atoms with Crippen molar-refractivity contribution in [2.45, 2.75) is 268 Å². The van der Waals surface area contributed by atoms with Gasteiger partial charge in [-0.05, 0) is 149 Å². The maximum Gasteiger partial charge on any atom is 0.502 e. The van der Waals surface area contributed by atoms with Crippen LogP contribution < -0.4 is 29.9 Å². The van der Waals surface area contributed by atoms with Gasteiger partial charge in [-0.3, -0.25) is 0 Å². The fourth-order valence-electron chi connectivity index (χ4n) is 14.2. The molecular weight excluding hydrogens is 1050 g/mol. The zero-order valence-corrected chi connectivity index (χ0v) is 51.9. The van der Waals surface area contributed by atoms with Crippen LogP contribution >= 0.6 is 0 Å². The number of ether oxygens (including phenoxy) is 6. The van der Waals surface area contributed by atoms with E-state index in [2.05, 4.69) is 64.4 Å². The first-order valence-corrected chi connectivity index (χ1v) is 33.8. The van der Waals surface area contributed by atoms with Gasteiger partial charge in [-0.2, -0.15) is 0 Å². The van der Waals surface area contributed by atoms with Crippen LogP contribution in [0.1, 0.15) is 263 Å². The number of fused-ring (bicyclic) bond motifs is 16. The maximum atomic E-state index is 7.09. The second-order valence-corrected chi connectivity index (χ2v) is 24.9. The Morgan fingerprint density at radius 3 is 0.774 bits per heavy atom. The fraction of sp³-hybridized carbons (Fsp3) is 0.639. The number of hydrogen-bond acceptors (Lipinski definition) is 10. The van der Waals surface area contributed by atoms with Crippen molar-refractivity contribution in [3.8, 4) is 23.0 Å². The van der Waals surface area contributed by atoms with Crippen LogP contribution in [0.5, 0.6) is 23.0 Å². The molecule has 3 aromatic rings. The lowest BCUT2D eigenvalue weighted by atomic mass is 9.74. The Balaban J connectivity index is 0.862. The summed E-state index contributed by atoms with van der Waals surface area (Å²) in [6, 6.07) is 12.3. The highest BCUT2D eigenvalue weighted by atomic mass is 16.7. The second kappa shape index (κ2) is 34.3. The van der Waals surface area contributed by atoms with Crippen LogP contribution in [0, 0.1) is 13.8 Å². The average molecular weight is 1150 g/mol. The second-order valence-electron chi connectivity index (χ2n) is 24.9. The first kappa shape index (κ1) is 64.2. The van der Waals surface area contributed by atoms with Gasteiger partial charge in [0.05, 0.1) is 37.4 Å². The molecular formula is C72H104B2O10. The van der Waals surface area contributed by atoms with E-state index in [0.717, 1.165) is 111 Å². The number of hydrogen-bond donors (Lipinski definition) is 0. The summed E-state index contributed by atoms with van der Waals surface area (Å²) in [5.41, 5.74) is 8.94. The van der Waals surface area contributed by atoms with E-state index in [0.29, 0.717) is 26.4 Å². The van der Waals surface area contributed by atoms with E-state index in [1.54, 1.807) is 0 Å². The molecule has 84 heavy (non-hydrogen) atoms. The molecule has 0 aliphatic carbocycles. The molecule has 0 N–H and O–H groups in total. The van der Waals surface area contributed by atoms with Gasteiger partial charge in [-0.15, -0.1) is 26.3 Å². The highest BCUT2D eigenvalue weighted by Gasteiger charge is 2.65. The smallest absolute Gasteiger partial charge is 0.494 e. The van der Waals surface area contributed by atoms with Gasteiger partial charge in [-0.25, -0.2) is 0 Å². The van der Waals surface area contributed by atoms with E-state index in [1.807, 2.05) is 36.4 Å². The van der Waals surface area contributed by atoms with Crippen LogP contribution in [-0.2, 0) is 28.1 Å². The molecule has 0 aromatic heterocycles.